The summed E-state index contributed by atoms with van der Waals surface area (Å²) in [4.78, 5) is 4.19. The maximum absolute atomic E-state index is 4.19. The maximum Gasteiger partial charge on any atom is 0.169 e. The molecule has 2 rings (SSSR count). The Morgan fingerprint density at radius 1 is 1.45 bits per heavy atom. The fourth-order valence-corrected chi connectivity index (χ4v) is 1.31. The number of halogens is 1. The Bertz CT molecular complexity index is 393. The molecule has 0 amide bonds. The minimum absolute atomic E-state index is 0.857. The first-order valence-corrected chi connectivity index (χ1v) is 4.02. The average molecular weight is 212 g/mol. The van der Waals surface area contributed by atoms with Crippen molar-refractivity contribution in [3.63, 3.8) is 0 Å². The van der Waals surface area contributed by atoms with Crippen LogP contribution in [0.5, 0.6) is 0 Å². The third-order valence-corrected chi connectivity index (χ3v) is 2.00. The molecule has 0 bridgehead atoms. The zero-order valence-electron chi connectivity index (χ0n) is 5.95. The zero-order chi connectivity index (χ0) is 7.84. The number of aryl methyl sites for hydroxylation is 1. The van der Waals surface area contributed by atoms with Gasteiger partial charge in [0.25, 0.3) is 0 Å². The lowest BCUT2D eigenvalue weighted by Gasteiger charge is -1.93. The number of nitrogens with zero attached hydrogens (tertiary/aromatic N) is 3. The number of hydrogen-bond acceptors (Lipinski definition) is 2. The first kappa shape index (κ1) is 6.79. The van der Waals surface area contributed by atoms with Crippen molar-refractivity contribution in [3.8, 4) is 0 Å². The van der Waals surface area contributed by atoms with Crippen molar-refractivity contribution < 1.29 is 0 Å². The first-order chi connectivity index (χ1) is 5.27. The van der Waals surface area contributed by atoms with Gasteiger partial charge in [0.1, 0.15) is 0 Å². The topological polar surface area (TPSA) is 30.2 Å². The number of rotatable bonds is 0. The summed E-state index contributed by atoms with van der Waals surface area (Å²) in [7, 11) is 0. The van der Waals surface area contributed by atoms with Crippen molar-refractivity contribution >= 4 is 21.6 Å². The molecule has 0 radical (unpaired) electrons. The summed E-state index contributed by atoms with van der Waals surface area (Å²) < 4.78 is 2.68. The van der Waals surface area contributed by atoms with Gasteiger partial charge in [-0.1, -0.05) is 0 Å². The molecule has 0 aliphatic heterocycles. The molecular weight excluding hydrogens is 206 g/mol. The van der Waals surface area contributed by atoms with Crippen molar-refractivity contribution in [2.24, 2.45) is 0 Å². The van der Waals surface area contributed by atoms with Crippen molar-refractivity contribution in [1.82, 2.24) is 14.6 Å². The van der Waals surface area contributed by atoms with Crippen LogP contribution in [-0.2, 0) is 0 Å². The van der Waals surface area contributed by atoms with E-state index in [1.807, 2.05) is 19.3 Å². The third-order valence-electron chi connectivity index (χ3n) is 1.44. The molecule has 11 heavy (non-hydrogen) atoms. The van der Waals surface area contributed by atoms with Gasteiger partial charge in [-0.15, -0.1) is 0 Å². The molecule has 0 spiro atoms. The van der Waals surface area contributed by atoms with Crippen LogP contribution in [-0.4, -0.2) is 14.6 Å². The number of aromatic nitrogens is 3. The van der Waals surface area contributed by atoms with Crippen LogP contribution in [0.4, 0.5) is 0 Å². The highest BCUT2D eigenvalue weighted by Gasteiger charge is 1.99. The second kappa shape index (κ2) is 2.30. The Hall–Kier alpha value is -0.900. The van der Waals surface area contributed by atoms with Gasteiger partial charge in [-0.3, -0.25) is 0 Å². The Morgan fingerprint density at radius 3 is 3.09 bits per heavy atom. The quantitative estimate of drug-likeness (QED) is 0.666. The summed E-state index contributed by atoms with van der Waals surface area (Å²) in [5.74, 6) is 0. The molecule has 0 unspecified atom stereocenters. The molecular formula is C7H6BrN3. The lowest BCUT2D eigenvalue weighted by molar-refractivity contribution is 0.928. The molecule has 0 aliphatic rings. The molecule has 4 heteroatoms. The second-order valence-electron chi connectivity index (χ2n) is 2.39. The lowest BCUT2D eigenvalue weighted by Crippen LogP contribution is -1.89. The van der Waals surface area contributed by atoms with Crippen LogP contribution in [0.2, 0.25) is 0 Å². The van der Waals surface area contributed by atoms with Gasteiger partial charge < -0.3 is 0 Å². The normalized spacial score (nSPS) is 10.7. The lowest BCUT2D eigenvalue weighted by atomic mass is 10.4. The number of hydrogen-bond donors (Lipinski definition) is 0. The molecule has 0 saturated heterocycles. The van der Waals surface area contributed by atoms with E-state index >= 15 is 0 Å². The predicted octanol–water partition coefficient (Wildman–Crippen LogP) is 1.80. The fraction of sp³-hybridized carbons (Fsp3) is 0.143. The SMILES string of the molecule is Cc1cnc2c(Br)cnn2c1. The predicted molar refractivity (Wildman–Crippen MR) is 45.4 cm³/mol. The van der Waals surface area contributed by atoms with E-state index in [1.54, 1.807) is 10.7 Å². The van der Waals surface area contributed by atoms with Crippen molar-refractivity contribution in [2.45, 2.75) is 6.92 Å². The fourth-order valence-electron chi connectivity index (χ4n) is 0.939. The van der Waals surface area contributed by atoms with E-state index < -0.39 is 0 Å². The van der Waals surface area contributed by atoms with Gasteiger partial charge in [-0.25, -0.2) is 9.50 Å². The molecule has 2 aromatic heterocycles. The minimum Gasteiger partial charge on any atom is -0.236 e. The molecule has 56 valence electrons. The summed E-state index contributed by atoms with van der Waals surface area (Å²) >= 11 is 3.35. The van der Waals surface area contributed by atoms with Gasteiger partial charge in [0.05, 0.1) is 10.7 Å². The van der Waals surface area contributed by atoms with Gasteiger partial charge in [0, 0.05) is 12.4 Å². The van der Waals surface area contributed by atoms with E-state index in [1.165, 1.54) is 0 Å². The van der Waals surface area contributed by atoms with Gasteiger partial charge in [-0.2, -0.15) is 5.10 Å². The van der Waals surface area contributed by atoms with Crippen LogP contribution < -0.4 is 0 Å². The van der Waals surface area contributed by atoms with Crippen molar-refractivity contribution in [2.75, 3.05) is 0 Å². The zero-order valence-corrected chi connectivity index (χ0v) is 7.54. The minimum atomic E-state index is 0.857. The van der Waals surface area contributed by atoms with Crippen molar-refractivity contribution in [1.29, 1.82) is 0 Å². The Morgan fingerprint density at radius 2 is 2.27 bits per heavy atom. The molecule has 3 nitrogen and oxygen atoms in total. The molecule has 0 saturated carbocycles. The summed E-state index contributed by atoms with van der Waals surface area (Å²) in [6.07, 6.45) is 5.50. The molecule has 2 aromatic rings. The average Bonchev–Trinajstić information content (AvgIpc) is 2.32. The number of fused-ring (bicyclic) bond motifs is 1. The van der Waals surface area contributed by atoms with Crippen LogP contribution in [0.25, 0.3) is 5.65 Å². The van der Waals surface area contributed by atoms with E-state index in [4.69, 9.17) is 0 Å². The summed E-state index contributed by atoms with van der Waals surface area (Å²) in [6.45, 7) is 1.99. The Kier molecular flexibility index (Phi) is 1.42. The van der Waals surface area contributed by atoms with Gasteiger partial charge in [0.2, 0.25) is 0 Å². The molecule has 0 atom stereocenters. The highest BCUT2D eigenvalue weighted by atomic mass is 79.9. The van der Waals surface area contributed by atoms with Crippen LogP contribution >= 0.6 is 15.9 Å². The van der Waals surface area contributed by atoms with E-state index in [9.17, 15) is 0 Å². The van der Waals surface area contributed by atoms with Gasteiger partial charge in [-0.05, 0) is 28.4 Å². The smallest absolute Gasteiger partial charge is 0.169 e. The summed E-state index contributed by atoms with van der Waals surface area (Å²) in [5, 5.41) is 4.09. The molecule has 0 aliphatic carbocycles. The first-order valence-electron chi connectivity index (χ1n) is 3.23. The van der Waals surface area contributed by atoms with Gasteiger partial charge in [0.15, 0.2) is 5.65 Å². The molecule has 0 N–H and O–H groups in total. The monoisotopic (exact) mass is 211 g/mol. The van der Waals surface area contributed by atoms with E-state index in [0.717, 1.165) is 15.7 Å². The maximum atomic E-state index is 4.19. The van der Waals surface area contributed by atoms with Crippen LogP contribution in [0.1, 0.15) is 5.56 Å². The molecule has 0 aromatic carbocycles. The Labute approximate surface area is 72.2 Å². The Balaban J connectivity index is 2.86. The molecule has 0 fully saturated rings. The van der Waals surface area contributed by atoms with Crippen LogP contribution in [0.15, 0.2) is 23.1 Å². The second-order valence-corrected chi connectivity index (χ2v) is 3.25. The third kappa shape index (κ3) is 1.03. The van der Waals surface area contributed by atoms with Crippen molar-refractivity contribution in [3.05, 3.63) is 28.6 Å². The largest absolute Gasteiger partial charge is 0.236 e. The van der Waals surface area contributed by atoms with E-state index in [2.05, 4.69) is 26.0 Å². The molecule has 2 heterocycles. The summed E-state index contributed by atoms with van der Waals surface area (Å²) in [6, 6.07) is 0. The highest BCUT2D eigenvalue weighted by molar-refractivity contribution is 9.10. The van der Waals surface area contributed by atoms with E-state index in [-0.39, 0.29) is 0 Å². The summed E-state index contributed by atoms with van der Waals surface area (Å²) in [5.41, 5.74) is 1.96. The van der Waals surface area contributed by atoms with Gasteiger partial charge >= 0.3 is 0 Å². The highest BCUT2D eigenvalue weighted by Crippen LogP contribution is 2.14. The van der Waals surface area contributed by atoms with E-state index in [0.29, 0.717) is 0 Å². The van der Waals surface area contributed by atoms with Crippen LogP contribution in [0.3, 0.4) is 0 Å². The standard InChI is InChI=1S/C7H6BrN3/c1-5-2-9-7-6(8)3-10-11(7)4-5/h2-4H,1H3. The van der Waals surface area contributed by atoms with Crippen LogP contribution in [0, 0.1) is 6.92 Å².